The Morgan fingerprint density at radius 1 is 1.64 bits per heavy atom. The molecular weight excluding hydrogens is 170 g/mol. The van der Waals surface area contributed by atoms with Crippen LogP contribution in [-0.4, -0.2) is 26.1 Å². The summed E-state index contributed by atoms with van der Waals surface area (Å²) in [5.41, 5.74) is 5.20. The topological polar surface area (TPSA) is 89.6 Å². The highest BCUT2D eigenvalue weighted by Crippen LogP contribution is 2.01. The molecule has 11 heavy (non-hydrogen) atoms. The monoisotopic (exact) mass is 183 g/mol. The van der Waals surface area contributed by atoms with Crippen LogP contribution in [0.4, 0.5) is 0 Å². The third kappa shape index (κ3) is 7.73. The normalized spacial score (nSPS) is 14.8. The molecule has 0 fully saturated rings. The molecule has 0 spiro atoms. The number of hydrogen-bond donors (Lipinski definition) is 2. The van der Waals surface area contributed by atoms with Gasteiger partial charge >= 0.3 is 10.4 Å². The lowest BCUT2D eigenvalue weighted by Crippen LogP contribution is -2.14. The van der Waals surface area contributed by atoms with Crippen LogP contribution in [0.15, 0.2) is 0 Å². The lowest BCUT2D eigenvalue weighted by Gasteiger charge is -2.07. The fourth-order valence-electron chi connectivity index (χ4n) is 0.570. The molecule has 1 unspecified atom stereocenters. The van der Waals surface area contributed by atoms with E-state index in [1.54, 1.807) is 6.92 Å². The van der Waals surface area contributed by atoms with Crippen LogP contribution in [0.25, 0.3) is 0 Å². The summed E-state index contributed by atoms with van der Waals surface area (Å²) >= 11 is 0. The summed E-state index contributed by atoms with van der Waals surface area (Å²) in [5, 5.41) is 0. The molecule has 5 nitrogen and oxygen atoms in total. The van der Waals surface area contributed by atoms with Gasteiger partial charge in [-0.25, -0.2) is 4.18 Å². The van der Waals surface area contributed by atoms with Gasteiger partial charge in [0.2, 0.25) is 0 Å². The zero-order valence-corrected chi connectivity index (χ0v) is 7.17. The molecule has 0 aliphatic heterocycles. The molecule has 0 aromatic rings. The van der Waals surface area contributed by atoms with Crippen LogP contribution in [0.5, 0.6) is 0 Å². The Morgan fingerprint density at radius 3 is 2.55 bits per heavy atom. The predicted molar refractivity (Wildman–Crippen MR) is 40.3 cm³/mol. The van der Waals surface area contributed by atoms with Gasteiger partial charge < -0.3 is 5.73 Å². The summed E-state index contributed by atoms with van der Waals surface area (Å²) < 4.78 is 32.4. The van der Waals surface area contributed by atoms with Crippen molar-refractivity contribution in [1.29, 1.82) is 0 Å². The number of hydrogen-bond acceptors (Lipinski definition) is 4. The fraction of sp³-hybridized carbons (Fsp3) is 1.00. The van der Waals surface area contributed by atoms with Crippen LogP contribution in [0.1, 0.15) is 13.3 Å². The zero-order valence-electron chi connectivity index (χ0n) is 6.36. The van der Waals surface area contributed by atoms with E-state index in [0.29, 0.717) is 13.0 Å². The van der Waals surface area contributed by atoms with E-state index >= 15 is 0 Å². The molecule has 0 amide bonds. The van der Waals surface area contributed by atoms with Gasteiger partial charge in [0.25, 0.3) is 0 Å². The third-order valence-electron chi connectivity index (χ3n) is 1.16. The molecule has 68 valence electrons. The van der Waals surface area contributed by atoms with E-state index in [0.717, 1.165) is 0 Å². The van der Waals surface area contributed by atoms with Crippen molar-refractivity contribution in [2.75, 3.05) is 13.2 Å². The summed E-state index contributed by atoms with van der Waals surface area (Å²) in [5.74, 6) is 0.0434. The first-order chi connectivity index (χ1) is 4.95. The summed E-state index contributed by atoms with van der Waals surface area (Å²) in [6, 6.07) is 0. The van der Waals surface area contributed by atoms with Crippen LogP contribution in [0.2, 0.25) is 0 Å². The summed E-state index contributed by atoms with van der Waals surface area (Å²) in [7, 11) is -4.28. The molecular formula is C5H13NO4S. The lowest BCUT2D eigenvalue weighted by atomic mass is 10.1. The van der Waals surface area contributed by atoms with E-state index in [2.05, 4.69) is 4.18 Å². The maximum Gasteiger partial charge on any atom is 0.397 e. The first kappa shape index (κ1) is 10.8. The van der Waals surface area contributed by atoms with Crippen molar-refractivity contribution in [3.63, 3.8) is 0 Å². The highest BCUT2D eigenvalue weighted by atomic mass is 32.3. The standard InChI is InChI=1S/C5H13NO4S/c1-5(2-3-6)4-10-11(7,8)9/h5H,2-4,6H2,1H3,(H,7,8,9). The fourth-order valence-corrected chi connectivity index (χ4v) is 0.974. The summed E-state index contributed by atoms with van der Waals surface area (Å²) in [6.45, 7) is 2.25. The highest BCUT2D eigenvalue weighted by Gasteiger charge is 2.07. The van der Waals surface area contributed by atoms with Crippen LogP contribution in [0.3, 0.4) is 0 Å². The van der Waals surface area contributed by atoms with Gasteiger partial charge in [-0.15, -0.1) is 0 Å². The van der Waals surface area contributed by atoms with Crippen molar-refractivity contribution in [3.8, 4) is 0 Å². The molecule has 3 N–H and O–H groups in total. The molecule has 0 rings (SSSR count). The average molecular weight is 183 g/mol. The second-order valence-electron chi connectivity index (χ2n) is 2.39. The Kier molecular flexibility index (Phi) is 4.58. The first-order valence-corrected chi connectivity index (χ1v) is 4.64. The Balaban J connectivity index is 3.54. The SMILES string of the molecule is CC(CCN)COS(=O)(=O)O. The molecule has 0 bridgehead atoms. The summed E-state index contributed by atoms with van der Waals surface area (Å²) in [6.07, 6.45) is 0.676. The average Bonchev–Trinajstić information content (AvgIpc) is 1.83. The van der Waals surface area contributed by atoms with Crippen molar-refractivity contribution in [2.24, 2.45) is 11.7 Å². The molecule has 0 aromatic heterocycles. The van der Waals surface area contributed by atoms with Crippen molar-refractivity contribution in [3.05, 3.63) is 0 Å². The van der Waals surface area contributed by atoms with Gasteiger partial charge in [-0.1, -0.05) is 6.92 Å². The van der Waals surface area contributed by atoms with Gasteiger partial charge in [0.05, 0.1) is 6.61 Å². The van der Waals surface area contributed by atoms with Crippen molar-refractivity contribution in [2.45, 2.75) is 13.3 Å². The second kappa shape index (κ2) is 4.66. The van der Waals surface area contributed by atoms with Gasteiger partial charge in [-0.05, 0) is 18.9 Å². The van der Waals surface area contributed by atoms with Crippen molar-refractivity contribution < 1.29 is 17.2 Å². The molecule has 0 heterocycles. The Labute approximate surface area is 66.5 Å². The van der Waals surface area contributed by atoms with Gasteiger partial charge in [-0.2, -0.15) is 8.42 Å². The molecule has 0 saturated carbocycles. The second-order valence-corrected chi connectivity index (χ2v) is 3.49. The van der Waals surface area contributed by atoms with E-state index in [4.69, 9.17) is 10.3 Å². The van der Waals surface area contributed by atoms with Crippen molar-refractivity contribution in [1.82, 2.24) is 0 Å². The van der Waals surface area contributed by atoms with Crippen LogP contribution >= 0.6 is 0 Å². The molecule has 1 atom stereocenters. The Hall–Kier alpha value is -0.170. The number of rotatable bonds is 5. The van der Waals surface area contributed by atoms with E-state index in [1.165, 1.54) is 0 Å². The first-order valence-electron chi connectivity index (χ1n) is 3.27. The van der Waals surface area contributed by atoms with Crippen LogP contribution in [-0.2, 0) is 14.6 Å². The van der Waals surface area contributed by atoms with Gasteiger partial charge in [0.1, 0.15) is 0 Å². The van der Waals surface area contributed by atoms with E-state index in [-0.39, 0.29) is 12.5 Å². The molecule has 0 aliphatic carbocycles. The van der Waals surface area contributed by atoms with Crippen LogP contribution in [0, 0.1) is 5.92 Å². The highest BCUT2D eigenvalue weighted by molar-refractivity contribution is 7.80. The Morgan fingerprint density at radius 2 is 2.18 bits per heavy atom. The van der Waals surface area contributed by atoms with Gasteiger partial charge in [-0.3, -0.25) is 4.55 Å². The molecule has 0 radical (unpaired) electrons. The Bertz CT molecular complexity index is 189. The zero-order chi connectivity index (χ0) is 8.91. The largest absolute Gasteiger partial charge is 0.397 e. The van der Waals surface area contributed by atoms with Gasteiger partial charge in [0, 0.05) is 0 Å². The maximum absolute atomic E-state index is 10.0. The predicted octanol–water partition coefficient (Wildman–Crippen LogP) is -0.209. The molecule has 0 aliphatic rings. The smallest absolute Gasteiger partial charge is 0.330 e. The molecule has 0 aromatic carbocycles. The quantitative estimate of drug-likeness (QED) is 0.576. The summed E-state index contributed by atoms with van der Waals surface area (Å²) in [4.78, 5) is 0. The minimum absolute atomic E-state index is 0.0178. The minimum Gasteiger partial charge on any atom is -0.330 e. The molecule has 0 saturated heterocycles. The van der Waals surface area contributed by atoms with E-state index in [9.17, 15) is 8.42 Å². The minimum atomic E-state index is -4.28. The maximum atomic E-state index is 10.0. The molecule has 6 heteroatoms. The van der Waals surface area contributed by atoms with Crippen molar-refractivity contribution >= 4 is 10.4 Å². The number of nitrogens with two attached hydrogens (primary N) is 1. The lowest BCUT2D eigenvalue weighted by molar-refractivity contribution is 0.226. The van der Waals surface area contributed by atoms with E-state index < -0.39 is 10.4 Å². The van der Waals surface area contributed by atoms with Gasteiger partial charge in [0.15, 0.2) is 0 Å². The third-order valence-corrected chi connectivity index (χ3v) is 1.59. The van der Waals surface area contributed by atoms with E-state index in [1.807, 2.05) is 0 Å². The van der Waals surface area contributed by atoms with Crippen LogP contribution < -0.4 is 5.73 Å².